The van der Waals surface area contributed by atoms with E-state index >= 15 is 0 Å². The molecule has 2 aromatic carbocycles. The van der Waals surface area contributed by atoms with E-state index in [9.17, 15) is 0 Å². The topological polar surface area (TPSA) is 30.8 Å². The summed E-state index contributed by atoms with van der Waals surface area (Å²) in [6.45, 7) is 2.74. The Morgan fingerprint density at radius 3 is 2.52 bits per heavy atom. The molecule has 0 spiro atoms. The Labute approximate surface area is 130 Å². The second-order valence-electron chi connectivity index (χ2n) is 4.49. The van der Waals surface area contributed by atoms with Crippen LogP contribution in [0.3, 0.4) is 0 Å². The minimum Gasteiger partial charge on any atom is -0.493 e. The number of halogens is 1. The Morgan fingerprint density at radius 2 is 1.86 bits per heavy atom. The Bertz CT molecular complexity index is 609. The molecule has 0 fully saturated rings. The fourth-order valence-corrected chi connectivity index (χ4v) is 1.90. The maximum Gasteiger partial charge on any atom is 0.161 e. The molecule has 0 atom stereocenters. The van der Waals surface area contributed by atoms with E-state index in [2.05, 4.69) is 11.9 Å². The van der Waals surface area contributed by atoms with Crippen LogP contribution in [-0.4, -0.2) is 19.9 Å². The molecule has 110 valence electrons. The van der Waals surface area contributed by atoms with Crippen molar-refractivity contribution in [3.05, 3.63) is 53.1 Å². The molecule has 0 radical (unpaired) electrons. The van der Waals surface area contributed by atoms with E-state index in [1.807, 2.05) is 42.5 Å². The number of rotatable bonds is 6. The summed E-state index contributed by atoms with van der Waals surface area (Å²) < 4.78 is 11.0. The number of hydrogen-bond donors (Lipinski definition) is 0. The van der Waals surface area contributed by atoms with E-state index in [0.717, 1.165) is 23.4 Å². The van der Waals surface area contributed by atoms with Crippen LogP contribution in [0.5, 0.6) is 11.5 Å². The van der Waals surface area contributed by atoms with Gasteiger partial charge in [0.1, 0.15) is 0 Å². The highest BCUT2D eigenvalue weighted by Crippen LogP contribution is 2.28. The van der Waals surface area contributed by atoms with Gasteiger partial charge in [0.05, 0.1) is 19.4 Å². The lowest BCUT2D eigenvalue weighted by Crippen LogP contribution is -1.98. The molecule has 2 rings (SSSR count). The van der Waals surface area contributed by atoms with Crippen LogP contribution in [-0.2, 0) is 0 Å². The molecule has 21 heavy (non-hydrogen) atoms. The lowest BCUT2D eigenvalue weighted by atomic mass is 10.2. The third-order valence-electron chi connectivity index (χ3n) is 2.84. The van der Waals surface area contributed by atoms with Gasteiger partial charge >= 0.3 is 0 Å². The summed E-state index contributed by atoms with van der Waals surface area (Å²) in [4.78, 5) is 4.40. The Kier molecular flexibility index (Phi) is 5.64. The minimum atomic E-state index is 0.675. The van der Waals surface area contributed by atoms with Crippen LogP contribution in [0.25, 0.3) is 0 Å². The van der Waals surface area contributed by atoms with Crippen LogP contribution < -0.4 is 9.47 Å². The van der Waals surface area contributed by atoms with E-state index in [-0.39, 0.29) is 0 Å². The van der Waals surface area contributed by atoms with Gasteiger partial charge in [-0.05, 0) is 54.4 Å². The lowest BCUT2D eigenvalue weighted by Gasteiger charge is -2.10. The molecule has 0 heterocycles. The Balaban J connectivity index is 2.14. The highest BCUT2D eigenvalue weighted by Gasteiger charge is 2.04. The molecule has 2 aromatic rings. The number of hydrogen-bond acceptors (Lipinski definition) is 3. The predicted molar refractivity (Wildman–Crippen MR) is 87.5 cm³/mol. The predicted octanol–water partition coefficient (Wildman–Crippen LogP) is 4.89. The molecule has 0 N–H and O–H groups in total. The average Bonchev–Trinajstić information content (AvgIpc) is 2.52. The van der Waals surface area contributed by atoms with E-state index in [1.54, 1.807) is 13.3 Å². The molecule has 0 amide bonds. The molecule has 0 aliphatic carbocycles. The summed E-state index contributed by atoms with van der Waals surface area (Å²) in [6, 6.07) is 13.1. The SMILES string of the molecule is CCCOc1ccc(C=Nc2ccc(Cl)cc2)cc1OC. The fourth-order valence-electron chi connectivity index (χ4n) is 1.77. The van der Waals surface area contributed by atoms with Gasteiger partial charge in [-0.25, -0.2) is 0 Å². The van der Waals surface area contributed by atoms with Gasteiger partial charge in [0, 0.05) is 11.2 Å². The molecule has 4 heteroatoms. The third-order valence-corrected chi connectivity index (χ3v) is 3.09. The van der Waals surface area contributed by atoms with Crippen molar-refractivity contribution in [2.24, 2.45) is 4.99 Å². The first-order valence-electron chi connectivity index (χ1n) is 6.83. The fraction of sp³-hybridized carbons (Fsp3) is 0.235. The summed E-state index contributed by atoms with van der Waals surface area (Å²) >= 11 is 5.85. The molecule has 0 saturated heterocycles. The van der Waals surface area contributed by atoms with Gasteiger partial charge in [-0.15, -0.1) is 0 Å². The number of methoxy groups -OCH3 is 1. The van der Waals surface area contributed by atoms with Gasteiger partial charge in [0.15, 0.2) is 11.5 Å². The molecule has 0 aliphatic rings. The van der Waals surface area contributed by atoms with Crippen LogP contribution >= 0.6 is 11.6 Å². The van der Waals surface area contributed by atoms with Crippen LogP contribution in [0.15, 0.2) is 47.5 Å². The first-order valence-corrected chi connectivity index (χ1v) is 7.21. The normalized spacial score (nSPS) is 10.8. The maximum absolute atomic E-state index is 5.85. The van der Waals surface area contributed by atoms with Crippen molar-refractivity contribution in [1.29, 1.82) is 0 Å². The zero-order valence-corrected chi connectivity index (χ0v) is 12.9. The van der Waals surface area contributed by atoms with Gasteiger partial charge < -0.3 is 9.47 Å². The van der Waals surface area contributed by atoms with Gasteiger partial charge in [-0.3, -0.25) is 4.99 Å². The van der Waals surface area contributed by atoms with E-state index < -0.39 is 0 Å². The molecule has 0 aliphatic heterocycles. The van der Waals surface area contributed by atoms with Crippen LogP contribution in [0.4, 0.5) is 5.69 Å². The maximum atomic E-state index is 5.85. The highest BCUT2D eigenvalue weighted by molar-refractivity contribution is 6.30. The first-order chi connectivity index (χ1) is 10.2. The van der Waals surface area contributed by atoms with Crippen LogP contribution in [0.2, 0.25) is 5.02 Å². The molecule has 3 nitrogen and oxygen atoms in total. The number of ether oxygens (including phenoxy) is 2. The quantitative estimate of drug-likeness (QED) is 0.711. The number of aliphatic imine (C=N–C) groups is 1. The summed E-state index contributed by atoms with van der Waals surface area (Å²) in [7, 11) is 1.63. The van der Waals surface area contributed by atoms with Gasteiger partial charge in [-0.2, -0.15) is 0 Å². The van der Waals surface area contributed by atoms with Crippen molar-refractivity contribution in [3.8, 4) is 11.5 Å². The zero-order valence-electron chi connectivity index (χ0n) is 12.2. The van der Waals surface area contributed by atoms with Crippen molar-refractivity contribution >= 4 is 23.5 Å². The Morgan fingerprint density at radius 1 is 1.10 bits per heavy atom. The van der Waals surface area contributed by atoms with Crippen molar-refractivity contribution in [2.45, 2.75) is 13.3 Å². The third kappa shape index (κ3) is 4.50. The van der Waals surface area contributed by atoms with Crippen LogP contribution in [0, 0.1) is 0 Å². The number of nitrogens with zero attached hydrogens (tertiary/aromatic N) is 1. The molecular formula is C17H18ClNO2. The van der Waals surface area contributed by atoms with E-state index in [4.69, 9.17) is 21.1 Å². The standard InChI is InChI=1S/C17H18ClNO2/c1-3-10-21-16-9-4-13(11-17(16)20-2)12-19-15-7-5-14(18)6-8-15/h4-9,11-12H,3,10H2,1-2H3. The molecule has 0 saturated carbocycles. The second kappa shape index (κ2) is 7.70. The highest BCUT2D eigenvalue weighted by atomic mass is 35.5. The average molecular weight is 304 g/mol. The van der Waals surface area contributed by atoms with Gasteiger partial charge in [-0.1, -0.05) is 18.5 Å². The van der Waals surface area contributed by atoms with Crippen molar-refractivity contribution in [3.63, 3.8) is 0 Å². The van der Waals surface area contributed by atoms with Crippen LogP contribution in [0.1, 0.15) is 18.9 Å². The van der Waals surface area contributed by atoms with Gasteiger partial charge in [0.25, 0.3) is 0 Å². The molecular weight excluding hydrogens is 286 g/mol. The molecule has 0 bridgehead atoms. The Hall–Kier alpha value is -2.00. The molecule has 0 unspecified atom stereocenters. The van der Waals surface area contributed by atoms with Crippen molar-refractivity contribution < 1.29 is 9.47 Å². The number of benzene rings is 2. The smallest absolute Gasteiger partial charge is 0.161 e. The van der Waals surface area contributed by atoms with Crippen molar-refractivity contribution in [2.75, 3.05) is 13.7 Å². The summed E-state index contributed by atoms with van der Waals surface area (Å²) in [6.07, 6.45) is 2.75. The van der Waals surface area contributed by atoms with E-state index in [0.29, 0.717) is 17.4 Å². The van der Waals surface area contributed by atoms with E-state index in [1.165, 1.54) is 0 Å². The summed E-state index contributed by atoms with van der Waals surface area (Å²) in [5.41, 5.74) is 1.80. The molecule has 0 aromatic heterocycles. The van der Waals surface area contributed by atoms with Crippen molar-refractivity contribution in [1.82, 2.24) is 0 Å². The lowest BCUT2D eigenvalue weighted by molar-refractivity contribution is 0.294. The first kappa shape index (κ1) is 15.4. The summed E-state index contributed by atoms with van der Waals surface area (Å²) in [5, 5.41) is 0.702. The van der Waals surface area contributed by atoms with Gasteiger partial charge in [0.2, 0.25) is 0 Å². The second-order valence-corrected chi connectivity index (χ2v) is 4.93. The summed E-state index contributed by atoms with van der Waals surface area (Å²) in [5.74, 6) is 1.46. The monoisotopic (exact) mass is 303 g/mol. The minimum absolute atomic E-state index is 0.675. The largest absolute Gasteiger partial charge is 0.493 e. The zero-order chi connectivity index (χ0) is 15.1.